The molecule has 0 amide bonds. The second-order valence-electron chi connectivity index (χ2n) is 6.75. The largest absolute Gasteiger partial charge is 0.491 e. The summed E-state index contributed by atoms with van der Waals surface area (Å²) in [5.74, 6) is 0.870. The van der Waals surface area contributed by atoms with E-state index in [-0.39, 0.29) is 0 Å². The highest BCUT2D eigenvalue weighted by Crippen LogP contribution is 2.19. The number of piperidine rings is 1. The summed E-state index contributed by atoms with van der Waals surface area (Å²) in [6.45, 7) is 7.27. The molecular formula is C18H30N2O2. The minimum Gasteiger partial charge on any atom is -0.491 e. The Balaban J connectivity index is 1.79. The van der Waals surface area contributed by atoms with E-state index in [1.54, 1.807) is 0 Å². The lowest BCUT2D eigenvalue weighted by Crippen LogP contribution is -2.48. The molecule has 4 heteroatoms. The lowest BCUT2D eigenvalue weighted by Gasteiger charge is -2.36. The van der Waals surface area contributed by atoms with Crippen molar-refractivity contribution in [1.82, 2.24) is 9.80 Å². The zero-order valence-electron chi connectivity index (χ0n) is 14.4. The van der Waals surface area contributed by atoms with Crippen molar-refractivity contribution in [2.24, 2.45) is 0 Å². The third-order valence-electron chi connectivity index (χ3n) is 4.44. The van der Waals surface area contributed by atoms with Crippen molar-refractivity contribution in [3.63, 3.8) is 0 Å². The van der Waals surface area contributed by atoms with Gasteiger partial charge in [-0.25, -0.2) is 0 Å². The number of aryl methyl sites for hydroxylation is 2. The van der Waals surface area contributed by atoms with Crippen LogP contribution >= 0.6 is 0 Å². The van der Waals surface area contributed by atoms with Crippen molar-refractivity contribution < 1.29 is 9.84 Å². The summed E-state index contributed by atoms with van der Waals surface area (Å²) < 4.78 is 5.78. The smallest absolute Gasteiger partial charge is 0.122 e. The molecule has 1 saturated heterocycles. The van der Waals surface area contributed by atoms with E-state index in [1.807, 2.05) is 19.1 Å². The lowest BCUT2D eigenvalue weighted by molar-refractivity contribution is 0.0454. The van der Waals surface area contributed by atoms with Gasteiger partial charge in [-0.05, 0) is 59.0 Å². The molecule has 0 aromatic heterocycles. The van der Waals surface area contributed by atoms with E-state index in [0.29, 0.717) is 19.2 Å². The zero-order chi connectivity index (χ0) is 16.1. The van der Waals surface area contributed by atoms with E-state index in [2.05, 4.69) is 36.9 Å². The summed E-state index contributed by atoms with van der Waals surface area (Å²) in [7, 11) is 4.27. The molecule has 2 unspecified atom stereocenters. The van der Waals surface area contributed by atoms with E-state index in [1.165, 1.54) is 18.4 Å². The standard InChI is InChI=1S/C18H30N2O2/c1-14-7-8-18(15(2)10-14)22-13-17(21)12-20-9-5-6-16(11-20)19(3)4/h7-8,10,16-17,21H,5-6,9,11-13H2,1-4H3. The molecule has 1 N–H and O–H groups in total. The molecule has 1 aromatic carbocycles. The van der Waals surface area contributed by atoms with Crippen LogP contribution in [0.1, 0.15) is 24.0 Å². The molecular weight excluding hydrogens is 276 g/mol. The van der Waals surface area contributed by atoms with Gasteiger partial charge in [-0.2, -0.15) is 0 Å². The second-order valence-corrected chi connectivity index (χ2v) is 6.75. The number of rotatable bonds is 6. The van der Waals surface area contributed by atoms with Gasteiger partial charge >= 0.3 is 0 Å². The number of hydrogen-bond donors (Lipinski definition) is 1. The van der Waals surface area contributed by atoms with E-state index >= 15 is 0 Å². The Morgan fingerprint density at radius 2 is 2.14 bits per heavy atom. The van der Waals surface area contributed by atoms with Crippen molar-refractivity contribution in [2.45, 2.75) is 38.8 Å². The molecule has 0 saturated carbocycles. The van der Waals surface area contributed by atoms with Crippen molar-refractivity contribution in [3.05, 3.63) is 29.3 Å². The molecule has 1 fully saturated rings. The monoisotopic (exact) mass is 306 g/mol. The average Bonchev–Trinajstić information content (AvgIpc) is 2.46. The summed E-state index contributed by atoms with van der Waals surface area (Å²) in [5, 5.41) is 10.3. The lowest BCUT2D eigenvalue weighted by atomic mass is 10.0. The minimum absolute atomic E-state index is 0.354. The first-order valence-corrected chi connectivity index (χ1v) is 8.22. The number of nitrogens with zero attached hydrogens (tertiary/aromatic N) is 2. The first-order valence-electron chi connectivity index (χ1n) is 8.22. The predicted molar refractivity (Wildman–Crippen MR) is 90.6 cm³/mol. The summed E-state index contributed by atoms with van der Waals surface area (Å²) >= 11 is 0. The first kappa shape index (κ1) is 17.3. The van der Waals surface area contributed by atoms with Crippen molar-refractivity contribution in [3.8, 4) is 5.75 Å². The van der Waals surface area contributed by atoms with Gasteiger partial charge in [0.1, 0.15) is 18.5 Å². The summed E-state index contributed by atoms with van der Waals surface area (Å²) in [4.78, 5) is 4.63. The van der Waals surface area contributed by atoms with E-state index in [4.69, 9.17) is 4.74 Å². The van der Waals surface area contributed by atoms with Gasteiger partial charge in [0, 0.05) is 19.1 Å². The van der Waals surface area contributed by atoms with Crippen molar-refractivity contribution in [2.75, 3.05) is 40.3 Å². The molecule has 1 aliphatic rings. The molecule has 1 aromatic rings. The maximum atomic E-state index is 10.3. The fraction of sp³-hybridized carbons (Fsp3) is 0.667. The first-order chi connectivity index (χ1) is 10.5. The Labute approximate surface area is 134 Å². The van der Waals surface area contributed by atoms with Crippen LogP contribution in [0.5, 0.6) is 5.75 Å². The predicted octanol–water partition coefficient (Wildman–Crippen LogP) is 2.07. The molecule has 0 radical (unpaired) electrons. The molecule has 1 heterocycles. The highest BCUT2D eigenvalue weighted by Gasteiger charge is 2.23. The van der Waals surface area contributed by atoms with Gasteiger partial charge in [0.2, 0.25) is 0 Å². The fourth-order valence-electron chi connectivity index (χ4n) is 3.12. The van der Waals surface area contributed by atoms with Crippen LogP contribution in [0.3, 0.4) is 0 Å². The number of aliphatic hydroxyl groups is 1. The van der Waals surface area contributed by atoms with Crippen LogP contribution in [0.4, 0.5) is 0 Å². The van der Waals surface area contributed by atoms with Gasteiger partial charge in [-0.1, -0.05) is 17.7 Å². The van der Waals surface area contributed by atoms with Gasteiger partial charge in [0.05, 0.1) is 0 Å². The number of ether oxygens (including phenoxy) is 1. The Morgan fingerprint density at radius 3 is 2.82 bits per heavy atom. The maximum absolute atomic E-state index is 10.3. The fourth-order valence-corrected chi connectivity index (χ4v) is 3.12. The number of likely N-dealkylation sites (N-methyl/N-ethyl adjacent to an activating group) is 1. The Bertz CT molecular complexity index is 476. The zero-order valence-corrected chi connectivity index (χ0v) is 14.4. The number of β-amino-alcohol motifs (C(OH)–C–C–N with tert-alkyl or cyclic N) is 1. The third-order valence-corrected chi connectivity index (χ3v) is 4.44. The van der Waals surface area contributed by atoms with Crippen LogP contribution in [0, 0.1) is 13.8 Å². The van der Waals surface area contributed by atoms with E-state index < -0.39 is 6.10 Å². The van der Waals surface area contributed by atoms with Crippen LogP contribution in [0.15, 0.2) is 18.2 Å². The quantitative estimate of drug-likeness (QED) is 0.873. The van der Waals surface area contributed by atoms with Crippen molar-refractivity contribution >= 4 is 0 Å². The molecule has 4 nitrogen and oxygen atoms in total. The molecule has 1 aliphatic heterocycles. The van der Waals surface area contributed by atoms with Gasteiger partial charge in [0.25, 0.3) is 0 Å². The van der Waals surface area contributed by atoms with Crippen LogP contribution in [-0.4, -0.2) is 67.4 Å². The summed E-state index contributed by atoms with van der Waals surface area (Å²) in [5.41, 5.74) is 2.35. The van der Waals surface area contributed by atoms with Crippen molar-refractivity contribution in [1.29, 1.82) is 0 Å². The van der Waals surface area contributed by atoms with Gasteiger partial charge in [-0.15, -0.1) is 0 Å². The highest BCUT2D eigenvalue weighted by molar-refractivity contribution is 5.35. The topological polar surface area (TPSA) is 35.9 Å². The molecule has 124 valence electrons. The molecule has 22 heavy (non-hydrogen) atoms. The summed E-state index contributed by atoms with van der Waals surface area (Å²) in [6, 6.07) is 6.73. The number of aliphatic hydroxyl groups excluding tert-OH is 1. The molecule has 2 rings (SSSR count). The van der Waals surface area contributed by atoms with Crippen LogP contribution < -0.4 is 4.74 Å². The van der Waals surface area contributed by atoms with E-state index in [0.717, 1.165) is 24.4 Å². The Morgan fingerprint density at radius 1 is 1.36 bits per heavy atom. The van der Waals surface area contributed by atoms with Crippen LogP contribution in [0.2, 0.25) is 0 Å². The third kappa shape index (κ3) is 4.97. The molecule has 2 atom stereocenters. The number of hydrogen-bond acceptors (Lipinski definition) is 4. The van der Waals surface area contributed by atoms with Crippen LogP contribution in [-0.2, 0) is 0 Å². The Kier molecular flexibility index (Phi) is 6.24. The summed E-state index contributed by atoms with van der Waals surface area (Å²) in [6.07, 6.45) is 2.01. The van der Waals surface area contributed by atoms with Gasteiger partial charge in [-0.3, -0.25) is 4.90 Å². The van der Waals surface area contributed by atoms with E-state index in [9.17, 15) is 5.11 Å². The van der Waals surface area contributed by atoms with Gasteiger partial charge < -0.3 is 14.7 Å². The molecule has 0 aliphatic carbocycles. The van der Waals surface area contributed by atoms with Crippen LogP contribution in [0.25, 0.3) is 0 Å². The normalized spacial score (nSPS) is 21.1. The second kappa shape index (κ2) is 7.95. The maximum Gasteiger partial charge on any atom is 0.122 e. The van der Waals surface area contributed by atoms with Gasteiger partial charge in [0.15, 0.2) is 0 Å². The minimum atomic E-state index is -0.443. The highest BCUT2D eigenvalue weighted by atomic mass is 16.5. The number of likely N-dealkylation sites (tertiary alicyclic amines) is 1. The number of benzene rings is 1. The molecule has 0 bridgehead atoms. The Hall–Kier alpha value is -1.10. The average molecular weight is 306 g/mol. The molecule has 0 spiro atoms. The SMILES string of the molecule is Cc1ccc(OCC(O)CN2CCCC(N(C)C)C2)c(C)c1.